The predicted molar refractivity (Wildman–Crippen MR) is 88.1 cm³/mol. The summed E-state index contributed by atoms with van der Waals surface area (Å²) in [6, 6.07) is 13.2. The zero-order chi connectivity index (χ0) is 13.0. The second-order valence-corrected chi connectivity index (χ2v) is 7.15. The number of benzene rings is 1. The van der Waals surface area contributed by atoms with Crippen molar-refractivity contribution in [2.45, 2.75) is 25.7 Å². The maximum Gasteiger partial charge on any atom is 0.0178 e. The summed E-state index contributed by atoms with van der Waals surface area (Å²) in [6.45, 7) is 2.21. The van der Waals surface area contributed by atoms with Crippen LogP contribution in [0.2, 0.25) is 0 Å². The SMILES string of the molecule is CCc1ccc(CC(CBr)c2cccc(Br)c2)s1. The van der Waals surface area contributed by atoms with Crippen molar-refractivity contribution >= 4 is 43.2 Å². The third-order valence-electron chi connectivity index (χ3n) is 3.02. The van der Waals surface area contributed by atoms with Crippen molar-refractivity contribution in [1.29, 1.82) is 0 Å². The van der Waals surface area contributed by atoms with Crippen molar-refractivity contribution in [1.82, 2.24) is 0 Å². The highest BCUT2D eigenvalue weighted by atomic mass is 79.9. The molecule has 0 aliphatic rings. The van der Waals surface area contributed by atoms with E-state index in [1.807, 2.05) is 11.3 Å². The fourth-order valence-corrected chi connectivity index (χ4v) is 4.04. The number of aryl methyl sites for hydroxylation is 1. The summed E-state index contributed by atoms with van der Waals surface area (Å²) in [6.07, 6.45) is 2.26. The van der Waals surface area contributed by atoms with Gasteiger partial charge in [0.1, 0.15) is 0 Å². The van der Waals surface area contributed by atoms with Crippen LogP contribution in [0.1, 0.15) is 28.2 Å². The van der Waals surface area contributed by atoms with E-state index in [1.54, 1.807) is 0 Å². The van der Waals surface area contributed by atoms with Crippen LogP contribution in [0, 0.1) is 0 Å². The molecule has 0 amide bonds. The molecular weight excluding hydrogens is 372 g/mol. The Morgan fingerprint density at radius 2 is 1.94 bits per heavy atom. The summed E-state index contributed by atoms with van der Waals surface area (Å²) in [5, 5.41) is 1.00. The summed E-state index contributed by atoms with van der Waals surface area (Å²) < 4.78 is 1.16. The van der Waals surface area contributed by atoms with Gasteiger partial charge in [0.2, 0.25) is 0 Å². The van der Waals surface area contributed by atoms with E-state index in [9.17, 15) is 0 Å². The molecule has 1 heterocycles. The summed E-state index contributed by atoms with van der Waals surface area (Å²) in [5.74, 6) is 0.547. The lowest BCUT2D eigenvalue weighted by atomic mass is 9.97. The van der Waals surface area contributed by atoms with E-state index in [0.717, 1.165) is 22.6 Å². The van der Waals surface area contributed by atoms with Gasteiger partial charge in [-0.25, -0.2) is 0 Å². The maximum atomic E-state index is 3.65. The number of halogens is 2. The van der Waals surface area contributed by atoms with Gasteiger partial charge in [-0.1, -0.05) is 50.9 Å². The summed E-state index contributed by atoms with van der Waals surface area (Å²) in [5.41, 5.74) is 1.40. The molecule has 0 saturated carbocycles. The van der Waals surface area contributed by atoms with Crippen LogP contribution in [0.3, 0.4) is 0 Å². The molecule has 0 aliphatic heterocycles. The summed E-state index contributed by atoms with van der Waals surface area (Å²) in [4.78, 5) is 2.96. The molecule has 1 atom stereocenters. The topological polar surface area (TPSA) is 0 Å². The van der Waals surface area contributed by atoms with Crippen LogP contribution in [0.5, 0.6) is 0 Å². The predicted octanol–water partition coefficient (Wildman–Crippen LogP) is 5.79. The lowest BCUT2D eigenvalue weighted by Gasteiger charge is -2.13. The van der Waals surface area contributed by atoms with E-state index in [0.29, 0.717) is 5.92 Å². The number of hydrogen-bond donors (Lipinski definition) is 0. The Kier molecular flexibility index (Phi) is 5.46. The number of thiophene rings is 1. The molecule has 3 heteroatoms. The smallest absolute Gasteiger partial charge is 0.0178 e. The minimum absolute atomic E-state index is 0.547. The Morgan fingerprint density at radius 3 is 2.56 bits per heavy atom. The maximum absolute atomic E-state index is 3.65. The van der Waals surface area contributed by atoms with Crippen LogP contribution >= 0.6 is 43.2 Å². The summed E-state index contributed by atoms with van der Waals surface area (Å²) >= 11 is 9.14. The molecule has 0 bridgehead atoms. The normalized spacial score (nSPS) is 12.6. The standard InChI is InChI=1S/C15H16Br2S/c1-2-14-6-7-15(18-14)9-12(10-16)11-4-3-5-13(17)8-11/h3-8,12H,2,9-10H2,1H3. The highest BCUT2D eigenvalue weighted by Gasteiger charge is 2.12. The minimum Gasteiger partial charge on any atom is -0.145 e. The molecule has 0 fully saturated rings. The van der Waals surface area contributed by atoms with Gasteiger partial charge in [-0.05, 0) is 48.6 Å². The van der Waals surface area contributed by atoms with E-state index in [4.69, 9.17) is 0 Å². The summed E-state index contributed by atoms with van der Waals surface area (Å²) in [7, 11) is 0. The second-order valence-electron chi connectivity index (χ2n) is 4.33. The fraction of sp³-hybridized carbons (Fsp3) is 0.333. The van der Waals surface area contributed by atoms with E-state index < -0.39 is 0 Å². The van der Waals surface area contributed by atoms with Gasteiger partial charge in [-0.15, -0.1) is 11.3 Å². The first-order valence-corrected chi connectivity index (χ1v) is 8.85. The molecule has 0 N–H and O–H groups in total. The van der Waals surface area contributed by atoms with Gasteiger partial charge in [-0.2, -0.15) is 0 Å². The van der Waals surface area contributed by atoms with Crippen LogP contribution in [0.15, 0.2) is 40.9 Å². The molecule has 1 unspecified atom stereocenters. The highest BCUT2D eigenvalue weighted by molar-refractivity contribution is 9.10. The van der Waals surface area contributed by atoms with Gasteiger partial charge in [0.15, 0.2) is 0 Å². The van der Waals surface area contributed by atoms with Crippen LogP contribution in [-0.4, -0.2) is 5.33 Å². The zero-order valence-electron chi connectivity index (χ0n) is 10.3. The molecule has 0 spiro atoms. The Morgan fingerprint density at radius 1 is 1.17 bits per heavy atom. The Bertz CT molecular complexity index is 505. The van der Waals surface area contributed by atoms with Crippen molar-refractivity contribution in [3.8, 4) is 0 Å². The van der Waals surface area contributed by atoms with Crippen LogP contribution < -0.4 is 0 Å². The van der Waals surface area contributed by atoms with Gasteiger partial charge >= 0.3 is 0 Å². The molecule has 0 aliphatic carbocycles. The fourth-order valence-electron chi connectivity index (χ4n) is 1.99. The van der Waals surface area contributed by atoms with E-state index in [-0.39, 0.29) is 0 Å². The number of alkyl halides is 1. The Hall–Kier alpha value is -0.120. The molecule has 2 aromatic rings. The molecule has 18 heavy (non-hydrogen) atoms. The minimum atomic E-state index is 0.547. The van der Waals surface area contributed by atoms with Gasteiger partial charge in [0.05, 0.1) is 0 Å². The molecule has 0 saturated heterocycles. The number of rotatable bonds is 5. The van der Waals surface area contributed by atoms with Gasteiger partial charge in [0, 0.05) is 19.6 Å². The molecule has 0 nitrogen and oxygen atoms in total. The molecule has 2 rings (SSSR count). The van der Waals surface area contributed by atoms with Crippen molar-refractivity contribution in [2.75, 3.05) is 5.33 Å². The zero-order valence-corrected chi connectivity index (χ0v) is 14.3. The molecular formula is C15H16Br2S. The molecule has 96 valence electrons. The third kappa shape index (κ3) is 3.69. The Balaban J connectivity index is 2.14. The van der Waals surface area contributed by atoms with Crippen molar-refractivity contribution in [2.24, 2.45) is 0 Å². The molecule has 0 radical (unpaired) electrons. The van der Waals surface area contributed by atoms with E-state index >= 15 is 0 Å². The largest absolute Gasteiger partial charge is 0.145 e. The quantitative estimate of drug-likeness (QED) is 0.569. The lowest BCUT2D eigenvalue weighted by molar-refractivity contribution is 0.785. The van der Waals surface area contributed by atoms with Crippen LogP contribution in [0.4, 0.5) is 0 Å². The van der Waals surface area contributed by atoms with Crippen molar-refractivity contribution in [3.63, 3.8) is 0 Å². The highest BCUT2D eigenvalue weighted by Crippen LogP contribution is 2.28. The monoisotopic (exact) mass is 386 g/mol. The molecule has 1 aromatic carbocycles. The Labute approximate surface area is 130 Å². The first-order valence-electron chi connectivity index (χ1n) is 6.12. The van der Waals surface area contributed by atoms with Gasteiger partial charge in [0.25, 0.3) is 0 Å². The average Bonchev–Trinajstić information content (AvgIpc) is 2.83. The average molecular weight is 388 g/mol. The van der Waals surface area contributed by atoms with E-state index in [2.05, 4.69) is 75.2 Å². The molecule has 1 aromatic heterocycles. The first-order chi connectivity index (χ1) is 8.72. The second kappa shape index (κ2) is 6.88. The number of hydrogen-bond acceptors (Lipinski definition) is 1. The van der Waals surface area contributed by atoms with Crippen LogP contribution in [-0.2, 0) is 12.8 Å². The van der Waals surface area contributed by atoms with Crippen molar-refractivity contribution < 1.29 is 0 Å². The van der Waals surface area contributed by atoms with Crippen LogP contribution in [0.25, 0.3) is 0 Å². The third-order valence-corrected chi connectivity index (χ3v) is 5.55. The van der Waals surface area contributed by atoms with Gasteiger partial charge in [-0.3, -0.25) is 0 Å². The van der Waals surface area contributed by atoms with E-state index in [1.165, 1.54) is 15.3 Å². The van der Waals surface area contributed by atoms with Crippen molar-refractivity contribution in [3.05, 3.63) is 56.2 Å². The first kappa shape index (κ1) is 14.3. The lowest BCUT2D eigenvalue weighted by Crippen LogP contribution is -2.03. The van der Waals surface area contributed by atoms with Gasteiger partial charge < -0.3 is 0 Å².